The summed E-state index contributed by atoms with van der Waals surface area (Å²) in [6.07, 6.45) is 2.17. The Labute approximate surface area is 158 Å². The number of ether oxygens (including phenoxy) is 3. The summed E-state index contributed by atoms with van der Waals surface area (Å²) >= 11 is 0. The molecule has 0 aliphatic rings. The number of methoxy groups -OCH3 is 3. The number of aliphatic hydroxyl groups excluding tert-OH is 1. The van der Waals surface area contributed by atoms with Crippen LogP contribution >= 0.6 is 0 Å². The SMILES string of the molecule is COC(=O)c1cnc(C(C#N)=C(O)c2cc(OC)c(OC)c([N+](=O)[O-])c2)cn1. The van der Waals surface area contributed by atoms with E-state index in [9.17, 15) is 25.3 Å². The molecule has 1 heterocycles. The molecule has 28 heavy (non-hydrogen) atoms. The highest BCUT2D eigenvalue weighted by atomic mass is 16.6. The largest absolute Gasteiger partial charge is 0.506 e. The third-order valence-corrected chi connectivity index (χ3v) is 3.58. The van der Waals surface area contributed by atoms with E-state index in [2.05, 4.69) is 14.7 Å². The minimum atomic E-state index is -0.721. The lowest BCUT2D eigenvalue weighted by atomic mass is 10.1. The Balaban J connectivity index is 2.63. The number of nitriles is 1. The first-order valence-corrected chi connectivity index (χ1v) is 7.52. The number of carbonyl (C=O) groups is 1. The van der Waals surface area contributed by atoms with Crippen LogP contribution < -0.4 is 9.47 Å². The average molecular weight is 386 g/mol. The van der Waals surface area contributed by atoms with Gasteiger partial charge in [-0.25, -0.2) is 9.78 Å². The zero-order valence-corrected chi connectivity index (χ0v) is 15.0. The minimum absolute atomic E-state index is 0.0114. The molecule has 0 saturated heterocycles. The number of esters is 1. The van der Waals surface area contributed by atoms with E-state index in [0.717, 1.165) is 18.5 Å². The second kappa shape index (κ2) is 8.45. The van der Waals surface area contributed by atoms with Gasteiger partial charge >= 0.3 is 11.7 Å². The molecule has 2 aromatic rings. The summed E-state index contributed by atoms with van der Waals surface area (Å²) in [5.74, 6) is -1.46. The van der Waals surface area contributed by atoms with Crippen molar-refractivity contribution in [2.75, 3.05) is 21.3 Å². The smallest absolute Gasteiger partial charge is 0.358 e. The summed E-state index contributed by atoms with van der Waals surface area (Å²) in [4.78, 5) is 29.7. The molecule has 144 valence electrons. The average Bonchev–Trinajstić information content (AvgIpc) is 2.72. The number of allylic oxidation sites excluding steroid dienone is 1. The summed E-state index contributed by atoms with van der Waals surface area (Å²) < 4.78 is 14.6. The van der Waals surface area contributed by atoms with Gasteiger partial charge in [-0.15, -0.1) is 0 Å². The Morgan fingerprint density at radius 1 is 1.18 bits per heavy atom. The Bertz CT molecular complexity index is 994. The first-order valence-electron chi connectivity index (χ1n) is 7.52. The molecular weight excluding hydrogens is 372 g/mol. The van der Waals surface area contributed by atoms with Gasteiger partial charge in [-0.2, -0.15) is 5.26 Å². The molecule has 1 aromatic carbocycles. The molecule has 11 nitrogen and oxygen atoms in total. The molecule has 0 unspecified atom stereocenters. The van der Waals surface area contributed by atoms with Crippen molar-refractivity contribution in [3.8, 4) is 17.6 Å². The highest BCUT2D eigenvalue weighted by molar-refractivity contribution is 5.94. The van der Waals surface area contributed by atoms with Gasteiger partial charge in [0.2, 0.25) is 5.75 Å². The summed E-state index contributed by atoms with van der Waals surface area (Å²) in [5, 5.41) is 31.3. The number of aliphatic hydroxyl groups is 1. The van der Waals surface area contributed by atoms with E-state index in [1.54, 1.807) is 6.07 Å². The van der Waals surface area contributed by atoms with Gasteiger partial charge in [0.1, 0.15) is 23.1 Å². The van der Waals surface area contributed by atoms with Crippen LogP contribution in [0, 0.1) is 21.4 Å². The second-order valence-electron chi connectivity index (χ2n) is 5.10. The van der Waals surface area contributed by atoms with Crippen molar-refractivity contribution < 1.29 is 29.0 Å². The standard InChI is InChI=1S/C17H14N4O7/c1-26-14-5-9(4-13(21(24)25)16(14)27-2)15(22)10(6-18)11-7-20-12(8-19-11)17(23)28-3/h4-5,7-8,22H,1-3H3. The van der Waals surface area contributed by atoms with Gasteiger partial charge in [-0.05, 0) is 6.07 Å². The molecule has 2 rings (SSSR count). The quantitative estimate of drug-likeness (QED) is 0.256. The lowest BCUT2D eigenvalue weighted by molar-refractivity contribution is -0.385. The molecule has 0 bridgehead atoms. The summed E-state index contributed by atoms with van der Waals surface area (Å²) in [6, 6.07) is 4.07. The molecular formula is C17H14N4O7. The van der Waals surface area contributed by atoms with Crippen LogP contribution in [0.4, 0.5) is 5.69 Å². The maximum atomic E-state index is 11.4. The van der Waals surface area contributed by atoms with Gasteiger partial charge in [0.15, 0.2) is 11.4 Å². The van der Waals surface area contributed by atoms with Crippen LogP contribution in [0.2, 0.25) is 0 Å². The topological polar surface area (TPSA) is 158 Å². The summed E-state index contributed by atoms with van der Waals surface area (Å²) in [5.41, 5.74) is -0.993. The molecule has 0 radical (unpaired) electrons. The van der Waals surface area contributed by atoms with Gasteiger partial charge < -0.3 is 19.3 Å². The number of rotatable bonds is 6. The molecule has 0 spiro atoms. The minimum Gasteiger partial charge on any atom is -0.506 e. The zero-order chi connectivity index (χ0) is 20.8. The van der Waals surface area contributed by atoms with E-state index < -0.39 is 22.3 Å². The first kappa shape index (κ1) is 20.1. The molecule has 1 aromatic heterocycles. The Morgan fingerprint density at radius 3 is 2.29 bits per heavy atom. The number of nitro benzene ring substituents is 1. The number of nitrogens with zero attached hydrogens (tertiary/aromatic N) is 4. The highest BCUT2D eigenvalue weighted by Gasteiger charge is 2.24. The van der Waals surface area contributed by atoms with Crippen LogP contribution in [0.1, 0.15) is 21.7 Å². The van der Waals surface area contributed by atoms with Crippen LogP contribution in [-0.2, 0) is 4.74 Å². The zero-order valence-electron chi connectivity index (χ0n) is 15.0. The number of carbonyl (C=O) groups excluding carboxylic acids is 1. The van der Waals surface area contributed by atoms with Gasteiger partial charge in [-0.3, -0.25) is 15.1 Å². The summed E-state index contributed by atoms with van der Waals surface area (Å²) in [6.45, 7) is 0. The van der Waals surface area contributed by atoms with Crippen molar-refractivity contribution >= 4 is 23.0 Å². The van der Waals surface area contributed by atoms with Gasteiger partial charge in [0, 0.05) is 11.6 Å². The number of hydrogen-bond donors (Lipinski definition) is 1. The van der Waals surface area contributed by atoms with Crippen LogP contribution in [0.3, 0.4) is 0 Å². The van der Waals surface area contributed by atoms with Gasteiger partial charge in [0.25, 0.3) is 0 Å². The van der Waals surface area contributed by atoms with E-state index in [1.807, 2.05) is 0 Å². The molecule has 0 aliphatic carbocycles. The van der Waals surface area contributed by atoms with E-state index in [0.29, 0.717) is 0 Å². The van der Waals surface area contributed by atoms with E-state index in [1.165, 1.54) is 27.4 Å². The normalized spacial score (nSPS) is 11.1. The van der Waals surface area contributed by atoms with Crippen molar-refractivity contribution in [3.05, 3.63) is 51.6 Å². The van der Waals surface area contributed by atoms with Crippen molar-refractivity contribution in [2.45, 2.75) is 0 Å². The Morgan fingerprint density at radius 2 is 1.82 bits per heavy atom. The van der Waals surface area contributed by atoms with E-state index >= 15 is 0 Å². The third-order valence-electron chi connectivity index (χ3n) is 3.58. The van der Waals surface area contributed by atoms with Gasteiger partial charge in [0.05, 0.1) is 38.6 Å². The lowest BCUT2D eigenvalue weighted by Gasteiger charge is -2.11. The van der Waals surface area contributed by atoms with E-state index in [-0.39, 0.29) is 34.0 Å². The maximum Gasteiger partial charge on any atom is 0.358 e. The molecule has 0 aliphatic heterocycles. The van der Waals surface area contributed by atoms with Crippen LogP contribution in [0.5, 0.6) is 11.5 Å². The number of benzene rings is 1. The fourth-order valence-corrected chi connectivity index (χ4v) is 2.26. The fourth-order valence-electron chi connectivity index (χ4n) is 2.26. The van der Waals surface area contributed by atoms with Crippen molar-refractivity contribution in [1.29, 1.82) is 5.26 Å². The monoisotopic (exact) mass is 386 g/mol. The van der Waals surface area contributed by atoms with Crippen molar-refractivity contribution in [3.63, 3.8) is 0 Å². The summed E-state index contributed by atoms with van der Waals surface area (Å²) in [7, 11) is 3.68. The Kier molecular flexibility index (Phi) is 6.07. The predicted octanol–water partition coefficient (Wildman–Crippen LogP) is 2.14. The maximum absolute atomic E-state index is 11.4. The second-order valence-corrected chi connectivity index (χ2v) is 5.10. The lowest BCUT2D eigenvalue weighted by Crippen LogP contribution is -2.06. The fraction of sp³-hybridized carbons (Fsp3) is 0.176. The Hall–Kier alpha value is -4.20. The molecule has 0 atom stereocenters. The molecule has 11 heteroatoms. The van der Waals surface area contributed by atoms with Gasteiger partial charge in [-0.1, -0.05) is 0 Å². The molecule has 0 amide bonds. The van der Waals surface area contributed by atoms with Crippen molar-refractivity contribution in [1.82, 2.24) is 9.97 Å². The number of aromatic nitrogens is 2. The van der Waals surface area contributed by atoms with Crippen LogP contribution in [0.25, 0.3) is 11.3 Å². The number of nitro groups is 1. The molecule has 0 saturated carbocycles. The highest BCUT2D eigenvalue weighted by Crippen LogP contribution is 2.40. The van der Waals surface area contributed by atoms with E-state index in [4.69, 9.17) is 9.47 Å². The molecule has 0 fully saturated rings. The van der Waals surface area contributed by atoms with Crippen LogP contribution in [0.15, 0.2) is 24.5 Å². The third kappa shape index (κ3) is 3.80. The number of hydrogen-bond acceptors (Lipinski definition) is 10. The van der Waals surface area contributed by atoms with Crippen LogP contribution in [-0.4, -0.2) is 47.3 Å². The first-order chi connectivity index (χ1) is 13.4. The van der Waals surface area contributed by atoms with Crippen molar-refractivity contribution in [2.24, 2.45) is 0 Å². The predicted molar refractivity (Wildman–Crippen MR) is 94.6 cm³/mol. The molecule has 1 N–H and O–H groups in total.